The molecule has 0 saturated carbocycles. The van der Waals surface area contributed by atoms with E-state index in [9.17, 15) is 8.42 Å². The van der Waals surface area contributed by atoms with Crippen molar-refractivity contribution in [3.05, 3.63) is 51.0 Å². The molecular formula is C14H14BrClN2O2S. The number of anilines is 2. The predicted octanol–water partition coefficient (Wildman–Crippen LogP) is 4.10. The first-order chi connectivity index (χ1) is 9.72. The molecule has 0 amide bonds. The van der Waals surface area contributed by atoms with Crippen molar-refractivity contribution in [1.29, 1.82) is 0 Å². The van der Waals surface area contributed by atoms with Gasteiger partial charge in [-0.15, -0.1) is 0 Å². The molecule has 0 aromatic heterocycles. The molecular weight excluding hydrogens is 376 g/mol. The lowest BCUT2D eigenvalue weighted by molar-refractivity contribution is 0.600. The van der Waals surface area contributed by atoms with Crippen LogP contribution in [0.4, 0.5) is 11.4 Å². The largest absolute Gasteiger partial charge is 0.399 e. The van der Waals surface area contributed by atoms with Gasteiger partial charge in [-0.05, 0) is 65.2 Å². The number of rotatable bonds is 3. The molecule has 7 heteroatoms. The van der Waals surface area contributed by atoms with E-state index in [0.717, 1.165) is 5.56 Å². The van der Waals surface area contributed by atoms with E-state index < -0.39 is 10.0 Å². The molecule has 0 heterocycles. The topological polar surface area (TPSA) is 72.2 Å². The smallest absolute Gasteiger partial charge is 0.262 e. The van der Waals surface area contributed by atoms with Crippen LogP contribution in [-0.4, -0.2) is 8.42 Å². The average molecular weight is 390 g/mol. The second-order valence-corrected chi connectivity index (χ2v) is 7.52. The Morgan fingerprint density at radius 2 is 1.90 bits per heavy atom. The quantitative estimate of drug-likeness (QED) is 0.776. The molecule has 0 radical (unpaired) electrons. The maximum atomic E-state index is 12.6. The van der Waals surface area contributed by atoms with Crippen LogP contribution in [0.5, 0.6) is 0 Å². The molecule has 0 bridgehead atoms. The number of sulfonamides is 1. The highest BCUT2D eigenvalue weighted by molar-refractivity contribution is 9.10. The third kappa shape index (κ3) is 3.33. The molecule has 0 atom stereocenters. The summed E-state index contributed by atoms with van der Waals surface area (Å²) in [5.74, 6) is 0. The number of nitrogens with one attached hydrogen (secondary N) is 1. The second-order valence-electron chi connectivity index (χ2n) is 4.67. The molecule has 4 nitrogen and oxygen atoms in total. The van der Waals surface area contributed by atoms with E-state index in [0.29, 0.717) is 26.4 Å². The van der Waals surface area contributed by atoms with Gasteiger partial charge in [0.2, 0.25) is 0 Å². The number of aryl methyl sites for hydroxylation is 1. The van der Waals surface area contributed by atoms with Gasteiger partial charge in [-0.2, -0.15) is 0 Å². The van der Waals surface area contributed by atoms with Gasteiger partial charge in [0.25, 0.3) is 10.0 Å². The molecule has 2 rings (SSSR count). The minimum Gasteiger partial charge on any atom is -0.399 e. The Labute approximate surface area is 137 Å². The summed E-state index contributed by atoms with van der Waals surface area (Å²) in [7, 11) is -3.75. The lowest BCUT2D eigenvalue weighted by Gasteiger charge is -2.14. The van der Waals surface area contributed by atoms with E-state index >= 15 is 0 Å². The van der Waals surface area contributed by atoms with Crippen LogP contribution < -0.4 is 10.5 Å². The standard InChI is InChI=1S/C14H14BrClN2O2S/c1-8-6-10(17)7-13(9(8)2)21(19,20)18-12-5-3-4-11(16)14(12)15/h3-7,18H,17H2,1-2H3. The van der Waals surface area contributed by atoms with Crippen molar-refractivity contribution in [3.8, 4) is 0 Å². The summed E-state index contributed by atoms with van der Waals surface area (Å²) in [6, 6.07) is 8.15. The lowest BCUT2D eigenvalue weighted by atomic mass is 10.1. The van der Waals surface area contributed by atoms with Crippen LogP contribution in [0.1, 0.15) is 11.1 Å². The highest BCUT2D eigenvalue weighted by atomic mass is 79.9. The fourth-order valence-corrected chi connectivity index (χ4v) is 4.01. The minimum absolute atomic E-state index is 0.159. The van der Waals surface area contributed by atoms with E-state index in [1.54, 1.807) is 31.2 Å². The fraction of sp³-hybridized carbons (Fsp3) is 0.143. The van der Waals surface area contributed by atoms with Gasteiger partial charge >= 0.3 is 0 Å². The summed E-state index contributed by atoms with van der Waals surface area (Å²) < 4.78 is 28.1. The summed E-state index contributed by atoms with van der Waals surface area (Å²) in [6.45, 7) is 3.57. The molecule has 0 aliphatic rings. The summed E-state index contributed by atoms with van der Waals surface area (Å²) in [4.78, 5) is 0.159. The van der Waals surface area contributed by atoms with Crippen molar-refractivity contribution in [2.75, 3.05) is 10.5 Å². The zero-order valence-corrected chi connectivity index (χ0v) is 14.6. The van der Waals surface area contributed by atoms with Gasteiger partial charge in [-0.3, -0.25) is 4.72 Å². The van der Waals surface area contributed by atoms with Gasteiger partial charge in [-0.1, -0.05) is 17.7 Å². The Morgan fingerprint density at radius 3 is 2.57 bits per heavy atom. The van der Waals surface area contributed by atoms with Crippen LogP contribution >= 0.6 is 27.5 Å². The first-order valence-corrected chi connectivity index (χ1v) is 8.71. The molecule has 0 spiro atoms. The summed E-state index contributed by atoms with van der Waals surface area (Å²) >= 11 is 9.24. The van der Waals surface area contributed by atoms with E-state index in [-0.39, 0.29) is 4.90 Å². The molecule has 0 unspecified atom stereocenters. The van der Waals surface area contributed by atoms with E-state index in [1.807, 2.05) is 6.92 Å². The van der Waals surface area contributed by atoms with Gasteiger partial charge < -0.3 is 5.73 Å². The molecule has 2 aromatic rings. The number of halogens is 2. The van der Waals surface area contributed by atoms with Crippen molar-refractivity contribution >= 4 is 48.9 Å². The molecule has 21 heavy (non-hydrogen) atoms. The van der Waals surface area contributed by atoms with Crippen molar-refractivity contribution in [3.63, 3.8) is 0 Å². The zero-order valence-electron chi connectivity index (χ0n) is 11.4. The Bertz CT molecular complexity index is 807. The van der Waals surface area contributed by atoms with E-state index in [2.05, 4.69) is 20.7 Å². The Balaban J connectivity index is 2.51. The first-order valence-electron chi connectivity index (χ1n) is 6.06. The predicted molar refractivity (Wildman–Crippen MR) is 90.3 cm³/mol. The second kappa shape index (κ2) is 5.87. The minimum atomic E-state index is -3.75. The Morgan fingerprint density at radius 1 is 1.24 bits per heavy atom. The van der Waals surface area contributed by atoms with Crippen LogP contribution in [0.15, 0.2) is 39.7 Å². The Kier molecular flexibility index (Phi) is 4.51. The van der Waals surface area contributed by atoms with Crippen molar-refractivity contribution < 1.29 is 8.42 Å². The number of nitrogens with two attached hydrogens (primary N) is 1. The van der Waals surface area contributed by atoms with Gasteiger partial charge in [0.1, 0.15) is 0 Å². The fourth-order valence-electron chi connectivity index (χ4n) is 1.92. The number of benzene rings is 2. The molecule has 0 fully saturated rings. The van der Waals surface area contributed by atoms with Crippen molar-refractivity contribution in [2.45, 2.75) is 18.7 Å². The molecule has 2 aromatic carbocycles. The number of hydrogen-bond donors (Lipinski definition) is 2. The van der Waals surface area contributed by atoms with Crippen LogP contribution in [0.2, 0.25) is 5.02 Å². The summed E-state index contributed by atoms with van der Waals surface area (Å²) in [5, 5.41) is 0.427. The maximum absolute atomic E-state index is 12.6. The average Bonchev–Trinajstić information content (AvgIpc) is 2.39. The van der Waals surface area contributed by atoms with Crippen molar-refractivity contribution in [1.82, 2.24) is 0 Å². The number of nitrogen functional groups attached to an aromatic ring is 1. The third-order valence-electron chi connectivity index (χ3n) is 3.13. The van der Waals surface area contributed by atoms with Crippen LogP contribution in [0, 0.1) is 13.8 Å². The molecule has 0 saturated heterocycles. The van der Waals surface area contributed by atoms with Gasteiger partial charge in [0.05, 0.1) is 20.1 Å². The van der Waals surface area contributed by atoms with Crippen LogP contribution in [0.25, 0.3) is 0 Å². The monoisotopic (exact) mass is 388 g/mol. The van der Waals surface area contributed by atoms with Gasteiger partial charge in [0.15, 0.2) is 0 Å². The van der Waals surface area contributed by atoms with Crippen molar-refractivity contribution in [2.24, 2.45) is 0 Å². The van der Waals surface area contributed by atoms with Crippen LogP contribution in [-0.2, 0) is 10.0 Å². The van der Waals surface area contributed by atoms with E-state index in [4.69, 9.17) is 17.3 Å². The molecule has 0 aliphatic carbocycles. The SMILES string of the molecule is Cc1cc(N)cc(S(=O)(=O)Nc2cccc(Cl)c2Br)c1C. The molecule has 3 N–H and O–H groups in total. The molecule has 112 valence electrons. The highest BCUT2D eigenvalue weighted by Crippen LogP contribution is 2.32. The normalized spacial score (nSPS) is 11.4. The Hall–Kier alpha value is -1.24. The zero-order chi connectivity index (χ0) is 15.8. The highest BCUT2D eigenvalue weighted by Gasteiger charge is 2.20. The molecule has 0 aliphatic heterocycles. The van der Waals surface area contributed by atoms with E-state index in [1.165, 1.54) is 6.07 Å². The van der Waals surface area contributed by atoms with Crippen LogP contribution in [0.3, 0.4) is 0 Å². The maximum Gasteiger partial charge on any atom is 0.262 e. The van der Waals surface area contributed by atoms with Gasteiger partial charge in [0, 0.05) is 5.69 Å². The third-order valence-corrected chi connectivity index (χ3v) is 6.02. The lowest BCUT2D eigenvalue weighted by Crippen LogP contribution is -2.15. The van der Waals surface area contributed by atoms with Gasteiger partial charge in [-0.25, -0.2) is 8.42 Å². The number of hydrogen-bond acceptors (Lipinski definition) is 3. The first kappa shape index (κ1) is 16.1. The summed E-state index contributed by atoms with van der Waals surface area (Å²) in [5.41, 5.74) is 8.01. The summed E-state index contributed by atoms with van der Waals surface area (Å²) in [6.07, 6.45) is 0.